The van der Waals surface area contributed by atoms with Crippen LogP contribution in [0.1, 0.15) is 23.0 Å². The number of methoxy groups -OCH3 is 2. The molecular formula is C16H19NO4. The second-order valence-corrected chi connectivity index (χ2v) is 4.75. The van der Waals surface area contributed by atoms with Crippen LogP contribution in [-0.4, -0.2) is 26.2 Å². The van der Waals surface area contributed by atoms with Gasteiger partial charge in [-0.3, -0.25) is 4.79 Å². The molecule has 112 valence electrons. The maximum Gasteiger partial charge on any atom is 0.287 e. The molecule has 0 aliphatic carbocycles. The lowest BCUT2D eigenvalue weighted by molar-refractivity contribution is 0.0912. The number of nitrogens with one attached hydrogen (secondary N) is 1. The zero-order valence-electron chi connectivity index (χ0n) is 12.4. The molecule has 1 aromatic carbocycles. The van der Waals surface area contributed by atoms with E-state index in [0.717, 1.165) is 5.56 Å². The number of ether oxygens (including phenoxy) is 2. The van der Waals surface area contributed by atoms with Crippen LogP contribution in [0.25, 0.3) is 0 Å². The largest absolute Gasteiger partial charge is 0.493 e. The van der Waals surface area contributed by atoms with Gasteiger partial charge in [-0.1, -0.05) is 6.07 Å². The summed E-state index contributed by atoms with van der Waals surface area (Å²) in [6.45, 7) is 1.94. The molecule has 2 aromatic rings. The summed E-state index contributed by atoms with van der Waals surface area (Å²) in [5.74, 6) is 1.47. The Kier molecular flexibility index (Phi) is 4.87. The van der Waals surface area contributed by atoms with Crippen LogP contribution in [-0.2, 0) is 6.42 Å². The summed E-state index contributed by atoms with van der Waals surface area (Å²) in [5.41, 5.74) is 1.06. The number of hydrogen-bond donors (Lipinski definition) is 1. The Morgan fingerprint density at radius 1 is 1.24 bits per heavy atom. The first-order chi connectivity index (χ1) is 10.1. The first-order valence-electron chi connectivity index (χ1n) is 6.69. The Hall–Kier alpha value is -2.43. The normalized spacial score (nSPS) is 11.8. The zero-order chi connectivity index (χ0) is 15.2. The number of rotatable bonds is 6. The zero-order valence-corrected chi connectivity index (χ0v) is 12.4. The molecule has 5 nitrogen and oxygen atoms in total. The Morgan fingerprint density at radius 3 is 2.62 bits per heavy atom. The Balaban J connectivity index is 1.99. The van der Waals surface area contributed by atoms with Crippen LogP contribution in [0.4, 0.5) is 0 Å². The lowest BCUT2D eigenvalue weighted by Crippen LogP contribution is -2.33. The minimum Gasteiger partial charge on any atom is -0.493 e. The fourth-order valence-corrected chi connectivity index (χ4v) is 2.11. The van der Waals surface area contributed by atoms with Crippen molar-refractivity contribution in [1.82, 2.24) is 5.32 Å². The molecule has 1 N–H and O–H groups in total. The van der Waals surface area contributed by atoms with Crippen LogP contribution in [0, 0.1) is 0 Å². The van der Waals surface area contributed by atoms with Crippen molar-refractivity contribution < 1.29 is 18.7 Å². The molecule has 1 amide bonds. The smallest absolute Gasteiger partial charge is 0.287 e. The highest BCUT2D eigenvalue weighted by molar-refractivity contribution is 5.91. The van der Waals surface area contributed by atoms with Crippen molar-refractivity contribution in [3.05, 3.63) is 47.9 Å². The van der Waals surface area contributed by atoms with E-state index >= 15 is 0 Å². The topological polar surface area (TPSA) is 60.7 Å². The molecule has 1 heterocycles. The molecule has 0 aliphatic rings. The molecule has 1 atom stereocenters. The van der Waals surface area contributed by atoms with E-state index in [-0.39, 0.29) is 11.9 Å². The highest BCUT2D eigenvalue weighted by Gasteiger charge is 2.13. The molecule has 1 aromatic heterocycles. The Morgan fingerprint density at radius 2 is 2.00 bits per heavy atom. The number of amides is 1. The molecule has 1 unspecified atom stereocenters. The maximum absolute atomic E-state index is 11.9. The molecule has 5 heteroatoms. The highest BCUT2D eigenvalue weighted by Crippen LogP contribution is 2.27. The van der Waals surface area contributed by atoms with Crippen LogP contribution in [0.2, 0.25) is 0 Å². The molecule has 0 aliphatic heterocycles. The van der Waals surface area contributed by atoms with Crippen molar-refractivity contribution in [3.8, 4) is 11.5 Å². The van der Waals surface area contributed by atoms with E-state index in [1.54, 1.807) is 26.4 Å². The lowest BCUT2D eigenvalue weighted by atomic mass is 10.1. The summed E-state index contributed by atoms with van der Waals surface area (Å²) in [7, 11) is 3.20. The van der Waals surface area contributed by atoms with Crippen LogP contribution >= 0.6 is 0 Å². The average Bonchev–Trinajstić information content (AvgIpc) is 3.01. The summed E-state index contributed by atoms with van der Waals surface area (Å²) in [5, 5.41) is 2.89. The average molecular weight is 289 g/mol. The number of carbonyl (C=O) groups is 1. The molecule has 0 spiro atoms. The Labute approximate surface area is 123 Å². The monoisotopic (exact) mass is 289 g/mol. The number of carbonyl (C=O) groups excluding carboxylic acids is 1. The molecule has 0 fully saturated rings. The molecule has 0 bridgehead atoms. The maximum atomic E-state index is 11.9. The summed E-state index contributed by atoms with van der Waals surface area (Å²) in [6.07, 6.45) is 2.17. The second-order valence-electron chi connectivity index (χ2n) is 4.75. The third-order valence-electron chi connectivity index (χ3n) is 3.11. The first kappa shape index (κ1) is 15.0. The third kappa shape index (κ3) is 3.78. The van der Waals surface area contributed by atoms with Gasteiger partial charge < -0.3 is 19.2 Å². The van der Waals surface area contributed by atoms with Gasteiger partial charge in [-0.05, 0) is 43.2 Å². The van der Waals surface area contributed by atoms with Crippen molar-refractivity contribution in [2.24, 2.45) is 0 Å². The van der Waals surface area contributed by atoms with E-state index in [2.05, 4.69) is 5.32 Å². The van der Waals surface area contributed by atoms with Crippen LogP contribution in [0.3, 0.4) is 0 Å². The standard InChI is InChI=1S/C16H19NO4/c1-11(17-16(18)14-5-4-8-21-14)9-12-6-7-13(19-2)15(10-12)20-3/h4-8,10-11H,9H2,1-3H3,(H,17,18). The molecule has 0 saturated carbocycles. The van der Waals surface area contributed by atoms with E-state index in [0.29, 0.717) is 23.7 Å². The third-order valence-corrected chi connectivity index (χ3v) is 3.11. The van der Waals surface area contributed by atoms with Gasteiger partial charge in [-0.15, -0.1) is 0 Å². The minimum absolute atomic E-state index is 0.0271. The van der Waals surface area contributed by atoms with Gasteiger partial charge in [0.15, 0.2) is 17.3 Å². The van der Waals surface area contributed by atoms with Gasteiger partial charge >= 0.3 is 0 Å². The summed E-state index contributed by atoms with van der Waals surface area (Å²) >= 11 is 0. The predicted octanol–water partition coefficient (Wildman–Crippen LogP) is 2.66. The number of benzene rings is 1. The van der Waals surface area contributed by atoms with Crippen molar-refractivity contribution in [2.75, 3.05) is 14.2 Å². The van der Waals surface area contributed by atoms with Gasteiger partial charge in [0.25, 0.3) is 5.91 Å². The van der Waals surface area contributed by atoms with Gasteiger partial charge in [0.05, 0.1) is 20.5 Å². The van der Waals surface area contributed by atoms with Gasteiger partial charge in [0, 0.05) is 6.04 Å². The molecule has 2 rings (SSSR count). The lowest BCUT2D eigenvalue weighted by Gasteiger charge is -2.14. The quantitative estimate of drug-likeness (QED) is 0.888. The SMILES string of the molecule is COc1ccc(CC(C)NC(=O)c2ccco2)cc1OC. The second kappa shape index (κ2) is 6.83. The fraction of sp³-hybridized carbons (Fsp3) is 0.312. The summed E-state index contributed by atoms with van der Waals surface area (Å²) < 4.78 is 15.5. The van der Waals surface area contributed by atoms with Gasteiger partial charge in [-0.25, -0.2) is 0 Å². The van der Waals surface area contributed by atoms with Crippen LogP contribution in [0.15, 0.2) is 41.0 Å². The van der Waals surface area contributed by atoms with Crippen molar-refractivity contribution >= 4 is 5.91 Å². The fourth-order valence-electron chi connectivity index (χ4n) is 2.11. The van der Waals surface area contributed by atoms with E-state index < -0.39 is 0 Å². The van der Waals surface area contributed by atoms with Gasteiger partial charge in [0.2, 0.25) is 0 Å². The van der Waals surface area contributed by atoms with Crippen LogP contribution in [0.5, 0.6) is 11.5 Å². The highest BCUT2D eigenvalue weighted by atomic mass is 16.5. The van der Waals surface area contributed by atoms with Crippen LogP contribution < -0.4 is 14.8 Å². The summed E-state index contributed by atoms with van der Waals surface area (Å²) in [6, 6.07) is 9.02. The van der Waals surface area contributed by atoms with Gasteiger partial charge in [-0.2, -0.15) is 0 Å². The number of hydrogen-bond acceptors (Lipinski definition) is 4. The first-order valence-corrected chi connectivity index (χ1v) is 6.69. The molecule has 0 saturated heterocycles. The predicted molar refractivity (Wildman–Crippen MR) is 78.9 cm³/mol. The summed E-state index contributed by atoms with van der Waals surface area (Å²) in [4.78, 5) is 11.9. The van der Waals surface area contributed by atoms with Crippen molar-refractivity contribution in [2.45, 2.75) is 19.4 Å². The molecular weight excluding hydrogens is 270 g/mol. The van der Waals surface area contributed by atoms with E-state index in [4.69, 9.17) is 13.9 Å². The van der Waals surface area contributed by atoms with E-state index in [1.165, 1.54) is 6.26 Å². The van der Waals surface area contributed by atoms with Gasteiger partial charge in [0.1, 0.15) is 0 Å². The number of furan rings is 1. The minimum atomic E-state index is -0.215. The van der Waals surface area contributed by atoms with E-state index in [1.807, 2.05) is 25.1 Å². The molecule has 21 heavy (non-hydrogen) atoms. The Bertz CT molecular complexity index is 592. The van der Waals surface area contributed by atoms with Crippen molar-refractivity contribution in [3.63, 3.8) is 0 Å². The molecule has 0 radical (unpaired) electrons. The van der Waals surface area contributed by atoms with E-state index in [9.17, 15) is 4.79 Å². The van der Waals surface area contributed by atoms with Crippen molar-refractivity contribution in [1.29, 1.82) is 0 Å².